The van der Waals surface area contributed by atoms with E-state index in [9.17, 15) is 4.39 Å². The van der Waals surface area contributed by atoms with Crippen LogP contribution in [-0.2, 0) is 11.2 Å². The first-order chi connectivity index (χ1) is 8.66. The van der Waals surface area contributed by atoms with E-state index in [0.717, 1.165) is 31.6 Å². The van der Waals surface area contributed by atoms with E-state index in [1.165, 1.54) is 6.07 Å². The molecule has 0 aromatic heterocycles. The quantitative estimate of drug-likeness (QED) is 0.869. The molecule has 1 N–H and O–H groups in total. The van der Waals surface area contributed by atoms with Crippen molar-refractivity contribution in [3.05, 3.63) is 35.6 Å². The number of rotatable bonds is 5. The van der Waals surface area contributed by atoms with Crippen LogP contribution in [0.2, 0.25) is 0 Å². The van der Waals surface area contributed by atoms with Crippen LogP contribution >= 0.6 is 0 Å². The summed E-state index contributed by atoms with van der Waals surface area (Å²) in [6, 6.07) is 7.70. The lowest BCUT2D eigenvalue weighted by Gasteiger charge is -2.24. The van der Waals surface area contributed by atoms with Crippen LogP contribution in [-0.4, -0.2) is 25.3 Å². The smallest absolute Gasteiger partial charge is 0.126 e. The van der Waals surface area contributed by atoms with E-state index in [-0.39, 0.29) is 11.9 Å². The predicted octanol–water partition coefficient (Wildman–Crippen LogP) is 2.77. The fourth-order valence-electron chi connectivity index (χ4n) is 2.58. The first kappa shape index (κ1) is 13.5. The molecule has 1 saturated heterocycles. The van der Waals surface area contributed by atoms with Crippen molar-refractivity contribution in [1.82, 2.24) is 5.32 Å². The van der Waals surface area contributed by atoms with Crippen molar-refractivity contribution in [3.8, 4) is 0 Å². The standard InChI is InChI=1S/C15H22FNO/c1-11(9-13-5-3-4-6-15(13)16)17-12(2)14-7-8-18-10-14/h3-6,11-12,14,17H,7-10H2,1-2H3. The summed E-state index contributed by atoms with van der Waals surface area (Å²) in [7, 11) is 0. The Morgan fingerprint density at radius 3 is 2.83 bits per heavy atom. The Hall–Kier alpha value is -0.930. The minimum Gasteiger partial charge on any atom is -0.381 e. The number of halogens is 1. The van der Waals surface area contributed by atoms with Gasteiger partial charge in [-0.15, -0.1) is 0 Å². The molecule has 0 saturated carbocycles. The summed E-state index contributed by atoms with van der Waals surface area (Å²) in [6.45, 7) is 6.02. The van der Waals surface area contributed by atoms with Crippen LogP contribution in [0, 0.1) is 11.7 Å². The van der Waals surface area contributed by atoms with Gasteiger partial charge in [-0.2, -0.15) is 0 Å². The van der Waals surface area contributed by atoms with Crippen LogP contribution in [0.15, 0.2) is 24.3 Å². The molecule has 100 valence electrons. The van der Waals surface area contributed by atoms with Crippen molar-refractivity contribution in [3.63, 3.8) is 0 Å². The minimum absolute atomic E-state index is 0.108. The van der Waals surface area contributed by atoms with Crippen LogP contribution in [0.25, 0.3) is 0 Å². The molecule has 2 rings (SSSR count). The lowest BCUT2D eigenvalue weighted by atomic mass is 9.98. The maximum Gasteiger partial charge on any atom is 0.126 e. The minimum atomic E-state index is -0.108. The Morgan fingerprint density at radius 2 is 2.17 bits per heavy atom. The Bertz CT molecular complexity index is 377. The first-order valence-corrected chi connectivity index (χ1v) is 6.74. The number of hydrogen-bond acceptors (Lipinski definition) is 2. The SMILES string of the molecule is CC(Cc1ccccc1F)NC(C)C1CCOC1. The molecule has 1 fully saturated rings. The van der Waals surface area contributed by atoms with Gasteiger partial charge >= 0.3 is 0 Å². The summed E-state index contributed by atoms with van der Waals surface area (Å²) in [6.07, 6.45) is 1.85. The molecule has 0 bridgehead atoms. The van der Waals surface area contributed by atoms with E-state index in [1.807, 2.05) is 12.1 Å². The Labute approximate surface area is 109 Å². The monoisotopic (exact) mass is 251 g/mol. The number of hydrogen-bond donors (Lipinski definition) is 1. The van der Waals surface area contributed by atoms with E-state index in [4.69, 9.17) is 4.74 Å². The summed E-state index contributed by atoms with van der Waals surface area (Å²) in [5, 5.41) is 3.55. The lowest BCUT2D eigenvalue weighted by molar-refractivity contribution is 0.177. The number of ether oxygens (including phenoxy) is 1. The Balaban J connectivity index is 1.84. The van der Waals surface area contributed by atoms with Gasteiger partial charge in [0.05, 0.1) is 6.61 Å². The first-order valence-electron chi connectivity index (χ1n) is 6.74. The van der Waals surface area contributed by atoms with Gasteiger partial charge in [-0.1, -0.05) is 18.2 Å². The second-order valence-electron chi connectivity index (χ2n) is 5.28. The third-order valence-corrected chi connectivity index (χ3v) is 3.70. The third-order valence-electron chi connectivity index (χ3n) is 3.70. The van der Waals surface area contributed by atoms with Crippen LogP contribution in [0.4, 0.5) is 4.39 Å². The average Bonchev–Trinajstić information content (AvgIpc) is 2.85. The lowest BCUT2D eigenvalue weighted by Crippen LogP contribution is -2.40. The van der Waals surface area contributed by atoms with Crippen LogP contribution in [0.1, 0.15) is 25.8 Å². The summed E-state index contributed by atoms with van der Waals surface area (Å²) in [5.41, 5.74) is 0.785. The van der Waals surface area contributed by atoms with Crippen molar-refractivity contribution in [1.29, 1.82) is 0 Å². The van der Waals surface area contributed by atoms with Gasteiger partial charge in [0.1, 0.15) is 5.82 Å². The van der Waals surface area contributed by atoms with E-state index in [2.05, 4.69) is 19.2 Å². The molecule has 3 heteroatoms. The van der Waals surface area contributed by atoms with Crippen LogP contribution in [0.3, 0.4) is 0 Å². The Kier molecular flexibility index (Phi) is 4.72. The van der Waals surface area contributed by atoms with Crippen molar-refractivity contribution in [2.45, 2.75) is 38.8 Å². The van der Waals surface area contributed by atoms with Crippen LogP contribution in [0.5, 0.6) is 0 Å². The normalized spacial score (nSPS) is 22.9. The molecule has 1 aliphatic rings. The van der Waals surface area contributed by atoms with Gasteiger partial charge < -0.3 is 10.1 Å². The zero-order valence-corrected chi connectivity index (χ0v) is 11.2. The largest absolute Gasteiger partial charge is 0.381 e. The van der Waals surface area contributed by atoms with Crippen LogP contribution < -0.4 is 5.32 Å². The zero-order valence-electron chi connectivity index (χ0n) is 11.2. The molecule has 18 heavy (non-hydrogen) atoms. The second kappa shape index (κ2) is 6.30. The fraction of sp³-hybridized carbons (Fsp3) is 0.600. The van der Waals surface area contributed by atoms with Gasteiger partial charge in [0, 0.05) is 18.7 Å². The molecule has 1 aromatic rings. The number of nitrogens with one attached hydrogen (secondary N) is 1. The van der Waals surface area contributed by atoms with Crippen molar-refractivity contribution in [2.75, 3.05) is 13.2 Å². The third kappa shape index (κ3) is 3.53. The second-order valence-corrected chi connectivity index (χ2v) is 5.28. The predicted molar refractivity (Wildman–Crippen MR) is 71.1 cm³/mol. The molecule has 0 amide bonds. The molecule has 1 aromatic carbocycles. The highest BCUT2D eigenvalue weighted by Gasteiger charge is 2.23. The van der Waals surface area contributed by atoms with Gasteiger partial charge in [0.25, 0.3) is 0 Å². The highest BCUT2D eigenvalue weighted by atomic mass is 19.1. The Morgan fingerprint density at radius 1 is 1.39 bits per heavy atom. The maximum atomic E-state index is 13.5. The molecule has 3 atom stereocenters. The van der Waals surface area contributed by atoms with Crippen molar-refractivity contribution < 1.29 is 9.13 Å². The highest BCUT2D eigenvalue weighted by Crippen LogP contribution is 2.17. The van der Waals surface area contributed by atoms with Crippen molar-refractivity contribution in [2.24, 2.45) is 5.92 Å². The topological polar surface area (TPSA) is 21.3 Å². The molecule has 1 heterocycles. The van der Waals surface area contributed by atoms with Gasteiger partial charge in [-0.05, 0) is 44.2 Å². The molecule has 0 aliphatic carbocycles. The summed E-state index contributed by atoms with van der Waals surface area (Å²) in [5.74, 6) is 0.482. The van der Waals surface area contributed by atoms with Gasteiger partial charge in [-0.25, -0.2) is 4.39 Å². The molecule has 0 radical (unpaired) electrons. The van der Waals surface area contributed by atoms with Gasteiger partial charge in [0.2, 0.25) is 0 Å². The summed E-state index contributed by atoms with van der Waals surface area (Å²) in [4.78, 5) is 0. The van der Waals surface area contributed by atoms with Gasteiger partial charge in [-0.3, -0.25) is 0 Å². The zero-order chi connectivity index (χ0) is 13.0. The van der Waals surface area contributed by atoms with E-state index in [1.54, 1.807) is 6.07 Å². The summed E-state index contributed by atoms with van der Waals surface area (Å²) < 4.78 is 18.9. The van der Waals surface area contributed by atoms with E-state index < -0.39 is 0 Å². The average molecular weight is 251 g/mol. The maximum absolute atomic E-state index is 13.5. The molecule has 0 spiro atoms. The fourth-order valence-corrected chi connectivity index (χ4v) is 2.58. The molecular formula is C15H22FNO. The highest BCUT2D eigenvalue weighted by molar-refractivity contribution is 5.18. The molecule has 1 aliphatic heterocycles. The van der Waals surface area contributed by atoms with E-state index in [0.29, 0.717) is 12.0 Å². The molecular weight excluding hydrogens is 229 g/mol. The van der Waals surface area contributed by atoms with Crippen molar-refractivity contribution >= 4 is 0 Å². The van der Waals surface area contributed by atoms with Gasteiger partial charge in [0.15, 0.2) is 0 Å². The molecule has 2 nitrogen and oxygen atoms in total. The van der Waals surface area contributed by atoms with E-state index >= 15 is 0 Å². The molecule has 3 unspecified atom stereocenters. The summed E-state index contributed by atoms with van der Waals surface area (Å²) >= 11 is 0. The number of benzene rings is 1.